The molecule has 4 heteroatoms. The second kappa shape index (κ2) is 6.46. The molecule has 0 spiro atoms. The molecule has 0 radical (unpaired) electrons. The van der Waals surface area contributed by atoms with Crippen molar-refractivity contribution in [2.75, 3.05) is 6.61 Å². The fourth-order valence-electron chi connectivity index (χ4n) is 1.78. The molecular weight excluding hydrogens is 256 g/mol. The minimum absolute atomic E-state index is 0.125. The molecule has 1 aromatic rings. The molecule has 0 saturated carbocycles. The molecule has 0 atom stereocenters. The first-order valence-corrected chi connectivity index (χ1v) is 6.59. The van der Waals surface area contributed by atoms with Crippen molar-refractivity contribution in [3.05, 3.63) is 35.4 Å². The number of hydrogen-bond acceptors (Lipinski definition) is 4. The Bertz CT molecular complexity index is 512. The Kier molecular flexibility index (Phi) is 5.19. The number of rotatable bonds is 6. The van der Waals surface area contributed by atoms with Gasteiger partial charge in [0.05, 0.1) is 13.0 Å². The van der Waals surface area contributed by atoms with Crippen molar-refractivity contribution in [3.8, 4) is 0 Å². The van der Waals surface area contributed by atoms with E-state index in [9.17, 15) is 14.4 Å². The molecule has 0 aliphatic rings. The van der Waals surface area contributed by atoms with Crippen molar-refractivity contribution in [2.24, 2.45) is 0 Å². The van der Waals surface area contributed by atoms with Gasteiger partial charge in [0.1, 0.15) is 0 Å². The summed E-state index contributed by atoms with van der Waals surface area (Å²) >= 11 is 0. The third-order valence-corrected chi connectivity index (χ3v) is 3.29. The standard InChI is InChI=1S/C16H20O4/c1-5-20-15(19)13(17)10-14(18)16(3,4)12-8-6-11(2)7-9-12/h6-9H,5,10H2,1-4H3. The normalized spacial score (nSPS) is 11.0. The second-order valence-electron chi connectivity index (χ2n) is 5.23. The molecule has 0 unspecified atom stereocenters. The Hall–Kier alpha value is -1.97. The van der Waals surface area contributed by atoms with E-state index in [-0.39, 0.29) is 12.4 Å². The van der Waals surface area contributed by atoms with Gasteiger partial charge in [0.25, 0.3) is 0 Å². The van der Waals surface area contributed by atoms with Gasteiger partial charge < -0.3 is 4.74 Å². The molecule has 0 bridgehead atoms. The molecule has 0 amide bonds. The summed E-state index contributed by atoms with van der Waals surface area (Å²) in [6.07, 6.45) is -0.431. The number of ketones is 2. The van der Waals surface area contributed by atoms with Crippen molar-refractivity contribution in [1.29, 1.82) is 0 Å². The minimum atomic E-state index is -0.944. The third kappa shape index (κ3) is 3.76. The highest BCUT2D eigenvalue weighted by molar-refractivity contribution is 6.37. The Balaban J connectivity index is 2.82. The van der Waals surface area contributed by atoms with Gasteiger partial charge in [-0.25, -0.2) is 4.79 Å². The van der Waals surface area contributed by atoms with Gasteiger partial charge in [-0.15, -0.1) is 0 Å². The van der Waals surface area contributed by atoms with Crippen LogP contribution < -0.4 is 0 Å². The van der Waals surface area contributed by atoms with Crippen molar-refractivity contribution >= 4 is 17.5 Å². The molecule has 1 rings (SSSR count). The van der Waals surface area contributed by atoms with E-state index < -0.39 is 23.6 Å². The van der Waals surface area contributed by atoms with E-state index in [1.54, 1.807) is 20.8 Å². The molecule has 0 N–H and O–H groups in total. The summed E-state index contributed by atoms with van der Waals surface area (Å²) in [5.74, 6) is -2.03. The van der Waals surface area contributed by atoms with Gasteiger partial charge in [-0.2, -0.15) is 0 Å². The lowest BCUT2D eigenvalue weighted by Crippen LogP contribution is -2.33. The molecule has 108 valence electrons. The summed E-state index contributed by atoms with van der Waals surface area (Å²) < 4.78 is 4.60. The first kappa shape index (κ1) is 16.1. The van der Waals surface area contributed by atoms with Crippen molar-refractivity contribution in [2.45, 2.75) is 39.5 Å². The number of Topliss-reactive ketones (excluding diaryl/α,β-unsaturated/α-hetero) is 2. The zero-order valence-electron chi connectivity index (χ0n) is 12.4. The topological polar surface area (TPSA) is 60.4 Å². The summed E-state index contributed by atoms with van der Waals surface area (Å²) in [6, 6.07) is 7.55. The number of benzene rings is 1. The summed E-state index contributed by atoms with van der Waals surface area (Å²) in [5.41, 5.74) is 1.11. The van der Waals surface area contributed by atoms with Crippen LogP contribution in [-0.2, 0) is 24.5 Å². The van der Waals surface area contributed by atoms with E-state index in [1.807, 2.05) is 31.2 Å². The van der Waals surface area contributed by atoms with Crippen LogP contribution in [0, 0.1) is 6.92 Å². The zero-order valence-corrected chi connectivity index (χ0v) is 12.4. The zero-order chi connectivity index (χ0) is 15.3. The van der Waals surface area contributed by atoms with Crippen LogP contribution in [0.2, 0.25) is 0 Å². The van der Waals surface area contributed by atoms with Gasteiger partial charge in [-0.05, 0) is 33.3 Å². The van der Waals surface area contributed by atoms with Crippen molar-refractivity contribution in [3.63, 3.8) is 0 Å². The molecule has 0 saturated heterocycles. The molecule has 0 aliphatic heterocycles. The van der Waals surface area contributed by atoms with Gasteiger partial charge in [-0.3, -0.25) is 9.59 Å². The van der Waals surface area contributed by atoms with Gasteiger partial charge in [0.2, 0.25) is 5.78 Å². The van der Waals surface area contributed by atoms with Crippen LogP contribution in [-0.4, -0.2) is 24.1 Å². The van der Waals surface area contributed by atoms with E-state index in [2.05, 4.69) is 4.74 Å². The van der Waals surface area contributed by atoms with E-state index in [1.165, 1.54) is 0 Å². The number of ether oxygens (including phenoxy) is 1. The SMILES string of the molecule is CCOC(=O)C(=O)CC(=O)C(C)(C)c1ccc(C)cc1. The molecule has 4 nitrogen and oxygen atoms in total. The molecular formula is C16H20O4. The number of hydrogen-bond donors (Lipinski definition) is 0. The Morgan fingerprint density at radius 3 is 2.15 bits per heavy atom. The van der Waals surface area contributed by atoms with Crippen LogP contribution in [0.1, 0.15) is 38.3 Å². The van der Waals surface area contributed by atoms with Crippen LogP contribution in [0.5, 0.6) is 0 Å². The minimum Gasteiger partial charge on any atom is -0.460 e. The van der Waals surface area contributed by atoms with Crippen LogP contribution in [0.3, 0.4) is 0 Å². The monoisotopic (exact) mass is 276 g/mol. The highest BCUT2D eigenvalue weighted by Gasteiger charge is 2.32. The molecule has 0 aliphatic carbocycles. The van der Waals surface area contributed by atoms with Crippen molar-refractivity contribution < 1.29 is 19.1 Å². The fraction of sp³-hybridized carbons (Fsp3) is 0.438. The first-order chi connectivity index (χ1) is 9.28. The second-order valence-corrected chi connectivity index (χ2v) is 5.23. The number of carbonyl (C=O) groups excluding carboxylic acids is 3. The van der Waals surface area contributed by atoms with E-state index in [0.717, 1.165) is 11.1 Å². The van der Waals surface area contributed by atoms with E-state index in [0.29, 0.717) is 0 Å². The molecule has 0 fully saturated rings. The maximum atomic E-state index is 12.2. The highest BCUT2D eigenvalue weighted by atomic mass is 16.5. The molecule has 0 aromatic heterocycles. The predicted octanol–water partition coefficient (Wildman–Crippen LogP) is 2.36. The largest absolute Gasteiger partial charge is 0.460 e. The van der Waals surface area contributed by atoms with Crippen LogP contribution in [0.4, 0.5) is 0 Å². The van der Waals surface area contributed by atoms with Crippen molar-refractivity contribution in [1.82, 2.24) is 0 Å². The Morgan fingerprint density at radius 1 is 1.10 bits per heavy atom. The highest BCUT2D eigenvalue weighted by Crippen LogP contribution is 2.26. The Morgan fingerprint density at radius 2 is 1.65 bits per heavy atom. The fourth-order valence-corrected chi connectivity index (χ4v) is 1.78. The first-order valence-electron chi connectivity index (χ1n) is 6.59. The van der Waals surface area contributed by atoms with Gasteiger partial charge >= 0.3 is 5.97 Å². The Labute approximate surface area is 119 Å². The quantitative estimate of drug-likeness (QED) is 0.454. The molecule has 0 heterocycles. The maximum absolute atomic E-state index is 12.2. The summed E-state index contributed by atoms with van der Waals surface area (Å²) in [4.78, 5) is 35.1. The van der Waals surface area contributed by atoms with Gasteiger partial charge in [0, 0.05) is 5.41 Å². The van der Waals surface area contributed by atoms with Gasteiger partial charge in [0.15, 0.2) is 5.78 Å². The number of esters is 1. The van der Waals surface area contributed by atoms with E-state index in [4.69, 9.17) is 0 Å². The van der Waals surface area contributed by atoms with Crippen LogP contribution >= 0.6 is 0 Å². The lowest BCUT2D eigenvalue weighted by atomic mass is 9.78. The summed E-state index contributed by atoms with van der Waals surface area (Å²) in [7, 11) is 0. The average Bonchev–Trinajstić information content (AvgIpc) is 2.39. The molecule has 20 heavy (non-hydrogen) atoms. The van der Waals surface area contributed by atoms with E-state index >= 15 is 0 Å². The summed E-state index contributed by atoms with van der Waals surface area (Å²) in [6.45, 7) is 7.20. The number of carbonyl (C=O) groups is 3. The predicted molar refractivity (Wildman–Crippen MR) is 75.5 cm³/mol. The third-order valence-electron chi connectivity index (χ3n) is 3.29. The van der Waals surface area contributed by atoms with Crippen LogP contribution in [0.15, 0.2) is 24.3 Å². The average molecular weight is 276 g/mol. The smallest absolute Gasteiger partial charge is 0.375 e. The lowest BCUT2D eigenvalue weighted by Gasteiger charge is -2.23. The van der Waals surface area contributed by atoms with Gasteiger partial charge in [-0.1, -0.05) is 29.8 Å². The maximum Gasteiger partial charge on any atom is 0.375 e. The van der Waals surface area contributed by atoms with Crippen LogP contribution in [0.25, 0.3) is 0 Å². The number of aryl methyl sites for hydroxylation is 1. The summed E-state index contributed by atoms with van der Waals surface area (Å²) in [5, 5.41) is 0. The molecule has 1 aromatic carbocycles. The lowest BCUT2D eigenvalue weighted by molar-refractivity contribution is -0.154.